The molecule has 4 nitrogen and oxygen atoms in total. The van der Waals surface area contributed by atoms with E-state index < -0.39 is 9.84 Å². The molecule has 5 heteroatoms. The quantitative estimate of drug-likeness (QED) is 0.801. The summed E-state index contributed by atoms with van der Waals surface area (Å²) >= 11 is 0. The summed E-state index contributed by atoms with van der Waals surface area (Å²) in [5, 5.41) is 3.63. The van der Waals surface area contributed by atoms with Crippen LogP contribution in [0.1, 0.15) is 32.6 Å². The molecule has 2 aliphatic heterocycles. The first kappa shape index (κ1) is 12.9. The maximum absolute atomic E-state index is 11.8. The van der Waals surface area contributed by atoms with Crippen LogP contribution in [0.5, 0.6) is 0 Å². The van der Waals surface area contributed by atoms with Crippen LogP contribution < -0.4 is 5.32 Å². The highest BCUT2D eigenvalue weighted by Gasteiger charge is 2.39. The van der Waals surface area contributed by atoms with Crippen LogP contribution in [0.4, 0.5) is 0 Å². The Morgan fingerprint density at radius 3 is 2.67 bits per heavy atom. The average Bonchev–Trinajstić information content (AvgIpc) is 3.12. The lowest BCUT2D eigenvalue weighted by Crippen LogP contribution is -2.60. The van der Waals surface area contributed by atoms with Crippen LogP contribution in [0.25, 0.3) is 0 Å². The molecule has 3 atom stereocenters. The molecule has 1 N–H and O–H groups in total. The second-order valence-corrected chi connectivity index (χ2v) is 8.54. The summed E-state index contributed by atoms with van der Waals surface area (Å²) in [5.74, 6) is 1.63. The van der Waals surface area contributed by atoms with Crippen molar-refractivity contribution in [1.29, 1.82) is 0 Å². The molecule has 3 unspecified atom stereocenters. The fourth-order valence-corrected chi connectivity index (χ4v) is 5.21. The zero-order chi connectivity index (χ0) is 12.8. The molecule has 0 aromatic carbocycles. The van der Waals surface area contributed by atoms with Crippen molar-refractivity contribution >= 4 is 9.84 Å². The van der Waals surface area contributed by atoms with Crippen LogP contribution >= 0.6 is 0 Å². The third-order valence-electron chi connectivity index (χ3n) is 4.75. The molecule has 0 spiro atoms. The summed E-state index contributed by atoms with van der Waals surface area (Å²) < 4.78 is 23.6. The molecule has 1 aliphatic carbocycles. The molecule has 18 heavy (non-hydrogen) atoms. The first-order valence-electron chi connectivity index (χ1n) is 7.25. The fraction of sp³-hybridized carbons (Fsp3) is 1.00. The number of nitrogens with one attached hydrogen (secondary N) is 1. The Bertz CT molecular complexity index is 405. The van der Waals surface area contributed by atoms with Crippen LogP contribution in [-0.2, 0) is 9.84 Å². The van der Waals surface area contributed by atoms with Crippen LogP contribution in [0.15, 0.2) is 0 Å². The van der Waals surface area contributed by atoms with Gasteiger partial charge in [0, 0.05) is 31.2 Å². The van der Waals surface area contributed by atoms with E-state index in [4.69, 9.17) is 0 Å². The molecule has 2 heterocycles. The van der Waals surface area contributed by atoms with Gasteiger partial charge in [-0.05, 0) is 38.5 Å². The maximum atomic E-state index is 11.8. The number of piperazine rings is 1. The highest BCUT2D eigenvalue weighted by atomic mass is 32.2. The highest BCUT2D eigenvalue weighted by Crippen LogP contribution is 2.35. The number of hydrogen-bond donors (Lipinski definition) is 1. The van der Waals surface area contributed by atoms with Crippen molar-refractivity contribution in [2.75, 3.05) is 24.6 Å². The lowest BCUT2D eigenvalue weighted by molar-refractivity contribution is 0.0877. The van der Waals surface area contributed by atoms with E-state index in [2.05, 4.69) is 17.1 Å². The molecular weight excluding hydrogens is 248 g/mol. The average molecular weight is 272 g/mol. The maximum Gasteiger partial charge on any atom is 0.151 e. The zero-order valence-corrected chi connectivity index (χ0v) is 12.0. The van der Waals surface area contributed by atoms with E-state index in [9.17, 15) is 8.42 Å². The summed E-state index contributed by atoms with van der Waals surface area (Å²) in [5.41, 5.74) is 0. The van der Waals surface area contributed by atoms with Crippen molar-refractivity contribution in [3.63, 3.8) is 0 Å². The van der Waals surface area contributed by atoms with Crippen molar-refractivity contribution in [3.05, 3.63) is 0 Å². The van der Waals surface area contributed by atoms with Crippen LogP contribution in [0.3, 0.4) is 0 Å². The van der Waals surface area contributed by atoms with Crippen LogP contribution in [0.2, 0.25) is 0 Å². The summed E-state index contributed by atoms with van der Waals surface area (Å²) in [4.78, 5) is 2.47. The van der Waals surface area contributed by atoms with Crippen LogP contribution in [-0.4, -0.2) is 56.0 Å². The smallest absolute Gasteiger partial charge is 0.151 e. The van der Waals surface area contributed by atoms with Crippen LogP contribution in [0, 0.1) is 5.92 Å². The summed E-state index contributed by atoms with van der Waals surface area (Å²) in [6.45, 7) is 4.28. The standard InChI is InChI=1S/C13H24N2O2S/c1-10-7-14-13(11-4-5-11)8-15(10)12-3-2-6-18(16,17)9-12/h10-14H,2-9H2,1H3. The Morgan fingerprint density at radius 1 is 1.22 bits per heavy atom. The predicted molar refractivity (Wildman–Crippen MR) is 72.4 cm³/mol. The van der Waals surface area contributed by atoms with Gasteiger partial charge in [0.1, 0.15) is 0 Å². The Morgan fingerprint density at radius 2 is 2.00 bits per heavy atom. The van der Waals surface area contributed by atoms with Crippen molar-refractivity contribution in [3.8, 4) is 0 Å². The first-order chi connectivity index (χ1) is 8.55. The predicted octanol–water partition coefficient (Wildman–Crippen LogP) is 0.636. The van der Waals surface area contributed by atoms with Crippen molar-refractivity contribution in [2.45, 2.75) is 50.7 Å². The van der Waals surface area contributed by atoms with E-state index in [1.54, 1.807) is 0 Å². The Kier molecular flexibility index (Phi) is 3.41. The summed E-state index contributed by atoms with van der Waals surface area (Å²) in [6.07, 6.45) is 4.60. The fourth-order valence-electron chi connectivity index (χ4n) is 3.49. The van der Waals surface area contributed by atoms with E-state index in [0.29, 0.717) is 23.6 Å². The summed E-state index contributed by atoms with van der Waals surface area (Å²) in [6, 6.07) is 1.34. The van der Waals surface area contributed by atoms with Gasteiger partial charge < -0.3 is 5.32 Å². The number of hydrogen-bond acceptors (Lipinski definition) is 4. The van der Waals surface area contributed by atoms with Gasteiger partial charge in [0.05, 0.1) is 11.5 Å². The van der Waals surface area contributed by atoms with Gasteiger partial charge >= 0.3 is 0 Å². The molecule has 3 rings (SSSR count). The molecule has 0 amide bonds. The molecule has 1 saturated carbocycles. The highest BCUT2D eigenvalue weighted by molar-refractivity contribution is 7.91. The SMILES string of the molecule is CC1CNC(C2CC2)CN1C1CCCS(=O)(=O)C1. The van der Waals surface area contributed by atoms with Gasteiger partial charge in [-0.15, -0.1) is 0 Å². The van der Waals surface area contributed by atoms with Gasteiger partial charge in [0.15, 0.2) is 9.84 Å². The molecule has 3 aliphatic rings. The molecule has 0 radical (unpaired) electrons. The number of sulfone groups is 1. The molecule has 0 aromatic rings. The zero-order valence-electron chi connectivity index (χ0n) is 11.1. The third kappa shape index (κ3) is 2.73. The van der Waals surface area contributed by atoms with Gasteiger partial charge in [-0.1, -0.05) is 0 Å². The second kappa shape index (κ2) is 4.76. The third-order valence-corrected chi connectivity index (χ3v) is 6.55. The van der Waals surface area contributed by atoms with Gasteiger partial charge in [-0.2, -0.15) is 0 Å². The lowest BCUT2D eigenvalue weighted by atomic mass is 10.0. The van der Waals surface area contributed by atoms with E-state index in [-0.39, 0.29) is 6.04 Å². The van der Waals surface area contributed by atoms with Gasteiger partial charge in [0.2, 0.25) is 0 Å². The molecule has 3 fully saturated rings. The normalized spacial score (nSPS) is 41.7. The molecular formula is C13H24N2O2S. The molecule has 0 bridgehead atoms. The minimum atomic E-state index is -2.79. The Balaban J connectivity index is 1.68. The van der Waals surface area contributed by atoms with E-state index in [1.807, 2.05) is 0 Å². The largest absolute Gasteiger partial charge is 0.311 e. The minimum absolute atomic E-state index is 0.266. The molecule has 0 aromatic heterocycles. The topological polar surface area (TPSA) is 49.4 Å². The second-order valence-electron chi connectivity index (χ2n) is 6.31. The molecule has 2 saturated heterocycles. The van der Waals surface area contributed by atoms with E-state index in [0.717, 1.165) is 31.8 Å². The van der Waals surface area contributed by atoms with Crippen molar-refractivity contribution < 1.29 is 8.42 Å². The van der Waals surface area contributed by atoms with E-state index >= 15 is 0 Å². The van der Waals surface area contributed by atoms with Gasteiger partial charge in [-0.3, -0.25) is 4.90 Å². The Labute approximate surface area is 110 Å². The van der Waals surface area contributed by atoms with Crippen molar-refractivity contribution in [2.24, 2.45) is 5.92 Å². The first-order valence-corrected chi connectivity index (χ1v) is 9.07. The lowest BCUT2D eigenvalue weighted by Gasteiger charge is -2.44. The Hall–Kier alpha value is -0.130. The molecule has 104 valence electrons. The summed E-state index contributed by atoms with van der Waals surface area (Å²) in [7, 11) is -2.79. The minimum Gasteiger partial charge on any atom is -0.311 e. The monoisotopic (exact) mass is 272 g/mol. The van der Waals surface area contributed by atoms with E-state index in [1.165, 1.54) is 12.8 Å². The number of nitrogens with zero attached hydrogens (tertiary/aromatic N) is 1. The van der Waals surface area contributed by atoms with Gasteiger partial charge in [-0.25, -0.2) is 8.42 Å². The van der Waals surface area contributed by atoms with Gasteiger partial charge in [0.25, 0.3) is 0 Å². The number of rotatable bonds is 2. The van der Waals surface area contributed by atoms with Crippen molar-refractivity contribution in [1.82, 2.24) is 10.2 Å².